The van der Waals surface area contributed by atoms with E-state index >= 15 is 0 Å². The number of amides is 1. The maximum atomic E-state index is 12.1. The van der Waals surface area contributed by atoms with Gasteiger partial charge in [-0.3, -0.25) is 4.79 Å². The van der Waals surface area contributed by atoms with E-state index in [-0.39, 0.29) is 11.7 Å². The van der Waals surface area contributed by atoms with Crippen molar-refractivity contribution >= 4 is 29.0 Å². The number of thiophene rings is 1. The van der Waals surface area contributed by atoms with Crippen molar-refractivity contribution in [2.45, 2.75) is 18.7 Å². The Morgan fingerprint density at radius 3 is 2.96 bits per heavy atom. The Hall–Kier alpha value is -2.06. The summed E-state index contributed by atoms with van der Waals surface area (Å²) in [7, 11) is 1.79. The maximum absolute atomic E-state index is 12.1. The van der Waals surface area contributed by atoms with Crippen molar-refractivity contribution in [1.82, 2.24) is 15.1 Å². The van der Waals surface area contributed by atoms with Crippen LogP contribution in [-0.2, 0) is 11.3 Å². The Kier molecular flexibility index (Phi) is 4.82. The normalized spacial score (nSPS) is 10.9. The molecule has 3 aromatic rings. The molecule has 0 saturated carbocycles. The number of nitrogens with zero attached hydrogens (tertiary/aromatic N) is 3. The zero-order valence-electron chi connectivity index (χ0n) is 12.7. The first-order chi connectivity index (χ1) is 11.1. The molecule has 3 rings (SSSR count). The average molecular weight is 349 g/mol. The van der Waals surface area contributed by atoms with E-state index in [0.29, 0.717) is 17.7 Å². The zero-order chi connectivity index (χ0) is 16.2. The minimum atomic E-state index is 0.0143. The van der Waals surface area contributed by atoms with Crippen LogP contribution in [0.2, 0.25) is 0 Å². The number of furan rings is 1. The molecule has 0 atom stereocenters. The monoisotopic (exact) mass is 349 g/mol. The van der Waals surface area contributed by atoms with E-state index in [1.807, 2.05) is 23.8 Å². The lowest BCUT2D eigenvalue weighted by Gasteiger charge is -2.15. The highest BCUT2D eigenvalue weighted by Crippen LogP contribution is 2.26. The van der Waals surface area contributed by atoms with Crippen molar-refractivity contribution in [3.8, 4) is 11.5 Å². The lowest BCUT2D eigenvalue weighted by atomic mass is 10.3. The second kappa shape index (κ2) is 7.01. The molecule has 0 unspecified atom stereocenters. The van der Waals surface area contributed by atoms with Gasteiger partial charge in [-0.2, -0.15) is 11.3 Å². The minimum absolute atomic E-state index is 0.0143. The summed E-state index contributed by atoms with van der Waals surface area (Å²) in [6.45, 7) is 2.43. The molecule has 6 nitrogen and oxygen atoms in total. The Bertz CT molecular complexity index is 780. The van der Waals surface area contributed by atoms with Crippen LogP contribution in [0, 0.1) is 6.92 Å². The first-order valence-electron chi connectivity index (χ1n) is 6.89. The van der Waals surface area contributed by atoms with Gasteiger partial charge in [0.15, 0.2) is 0 Å². The number of hydrogen-bond acceptors (Lipinski definition) is 7. The average Bonchev–Trinajstić information content (AvgIpc) is 3.26. The minimum Gasteiger partial charge on any atom is -0.469 e. The Morgan fingerprint density at radius 1 is 1.39 bits per heavy atom. The van der Waals surface area contributed by atoms with E-state index in [0.717, 1.165) is 16.9 Å². The van der Waals surface area contributed by atoms with E-state index in [2.05, 4.69) is 10.2 Å². The van der Waals surface area contributed by atoms with Crippen LogP contribution in [0.1, 0.15) is 11.3 Å². The molecule has 0 aliphatic rings. The molecule has 3 heterocycles. The fraction of sp³-hybridized carbons (Fsp3) is 0.267. The summed E-state index contributed by atoms with van der Waals surface area (Å²) in [6.07, 6.45) is 1.57. The molecule has 8 heteroatoms. The molecule has 0 aliphatic carbocycles. The first kappa shape index (κ1) is 15.8. The quantitative estimate of drug-likeness (QED) is 0.635. The summed E-state index contributed by atoms with van der Waals surface area (Å²) in [5.74, 6) is 1.39. The molecule has 0 aromatic carbocycles. The summed E-state index contributed by atoms with van der Waals surface area (Å²) in [5.41, 5.74) is 1.90. The highest BCUT2D eigenvalue weighted by molar-refractivity contribution is 7.99. The van der Waals surface area contributed by atoms with Crippen LogP contribution in [0.25, 0.3) is 11.5 Å². The van der Waals surface area contributed by atoms with Crippen molar-refractivity contribution < 1.29 is 13.6 Å². The standard InChI is InChI=1S/C15H15N3O3S2/c1-10-12(3-5-20-10)14-16-17-15(21-14)23-9-13(19)18(2)7-11-4-6-22-8-11/h3-6,8H,7,9H2,1-2H3. The van der Waals surface area contributed by atoms with Crippen LogP contribution in [0.3, 0.4) is 0 Å². The summed E-state index contributed by atoms with van der Waals surface area (Å²) in [4.78, 5) is 13.8. The largest absolute Gasteiger partial charge is 0.469 e. The van der Waals surface area contributed by atoms with E-state index < -0.39 is 0 Å². The lowest BCUT2D eigenvalue weighted by molar-refractivity contribution is -0.127. The van der Waals surface area contributed by atoms with E-state index in [1.54, 1.807) is 35.6 Å². The predicted octanol–water partition coefficient (Wildman–Crippen LogP) is 3.45. The van der Waals surface area contributed by atoms with Crippen LogP contribution in [0.4, 0.5) is 0 Å². The van der Waals surface area contributed by atoms with Gasteiger partial charge in [-0.1, -0.05) is 11.8 Å². The molecule has 0 radical (unpaired) electrons. The van der Waals surface area contributed by atoms with Gasteiger partial charge in [0, 0.05) is 13.6 Å². The molecule has 0 N–H and O–H groups in total. The summed E-state index contributed by atoms with van der Waals surface area (Å²) in [6, 6.07) is 3.79. The molecule has 0 spiro atoms. The van der Waals surface area contributed by atoms with Gasteiger partial charge in [0.1, 0.15) is 5.76 Å². The van der Waals surface area contributed by atoms with Crippen molar-refractivity contribution in [3.63, 3.8) is 0 Å². The molecular formula is C15H15N3O3S2. The SMILES string of the molecule is Cc1occc1-c1nnc(SCC(=O)N(C)Cc2ccsc2)o1. The van der Waals surface area contributed by atoms with Gasteiger partial charge >= 0.3 is 0 Å². The fourth-order valence-corrected chi connectivity index (χ4v) is 3.33. The van der Waals surface area contributed by atoms with Crippen molar-refractivity contribution in [2.75, 3.05) is 12.8 Å². The van der Waals surface area contributed by atoms with Gasteiger partial charge in [0.05, 0.1) is 17.6 Å². The van der Waals surface area contributed by atoms with Crippen molar-refractivity contribution in [3.05, 3.63) is 40.5 Å². The van der Waals surface area contributed by atoms with Gasteiger partial charge in [0.25, 0.3) is 11.1 Å². The Labute approximate surface area is 141 Å². The smallest absolute Gasteiger partial charge is 0.277 e. The van der Waals surface area contributed by atoms with Crippen LogP contribution in [-0.4, -0.2) is 33.8 Å². The third-order valence-corrected chi connectivity index (χ3v) is 4.78. The van der Waals surface area contributed by atoms with Crippen molar-refractivity contribution in [1.29, 1.82) is 0 Å². The topological polar surface area (TPSA) is 72.4 Å². The number of aromatic nitrogens is 2. The lowest BCUT2D eigenvalue weighted by Crippen LogP contribution is -2.27. The zero-order valence-corrected chi connectivity index (χ0v) is 14.3. The van der Waals surface area contributed by atoms with Gasteiger partial charge in [-0.15, -0.1) is 10.2 Å². The van der Waals surface area contributed by atoms with Gasteiger partial charge in [0.2, 0.25) is 5.91 Å². The number of carbonyl (C=O) groups is 1. The number of aryl methyl sites for hydroxylation is 1. The maximum Gasteiger partial charge on any atom is 0.277 e. The highest BCUT2D eigenvalue weighted by atomic mass is 32.2. The first-order valence-corrected chi connectivity index (χ1v) is 8.82. The molecule has 23 heavy (non-hydrogen) atoms. The molecule has 3 aromatic heterocycles. The molecule has 0 aliphatic heterocycles. The van der Waals surface area contributed by atoms with E-state index in [4.69, 9.17) is 8.83 Å². The highest BCUT2D eigenvalue weighted by Gasteiger charge is 2.16. The Balaban J connectivity index is 1.55. The Morgan fingerprint density at radius 2 is 2.26 bits per heavy atom. The van der Waals surface area contributed by atoms with Crippen LogP contribution >= 0.6 is 23.1 Å². The second-order valence-electron chi connectivity index (χ2n) is 4.93. The van der Waals surface area contributed by atoms with Gasteiger partial charge < -0.3 is 13.7 Å². The third-order valence-electron chi connectivity index (χ3n) is 3.24. The second-order valence-corrected chi connectivity index (χ2v) is 6.64. The van der Waals surface area contributed by atoms with Crippen molar-refractivity contribution in [2.24, 2.45) is 0 Å². The van der Waals surface area contributed by atoms with E-state index in [9.17, 15) is 4.79 Å². The molecule has 0 fully saturated rings. The number of carbonyl (C=O) groups excluding carboxylic acids is 1. The molecule has 0 bridgehead atoms. The predicted molar refractivity (Wildman–Crippen MR) is 88.3 cm³/mol. The van der Waals surface area contributed by atoms with E-state index in [1.165, 1.54) is 11.8 Å². The summed E-state index contributed by atoms with van der Waals surface area (Å²) < 4.78 is 10.8. The summed E-state index contributed by atoms with van der Waals surface area (Å²) >= 11 is 2.86. The summed E-state index contributed by atoms with van der Waals surface area (Å²) in [5, 5.41) is 12.3. The molecule has 0 saturated heterocycles. The fourth-order valence-electron chi connectivity index (χ4n) is 1.96. The number of rotatable bonds is 6. The third kappa shape index (κ3) is 3.83. The van der Waals surface area contributed by atoms with Crippen LogP contribution < -0.4 is 0 Å². The molecule has 1 amide bonds. The number of hydrogen-bond donors (Lipinski definition) is 0. The molecule has 120 valence electrons. The van der Waals surface area contributed by atoms with Gasteiger partial charge in [-0.25, -0.2) is 0 Å². The van der Waals surface area contributed by atoms with Crippen LogP contribution in [0.15, 0.2) is 43.2 Å². The molecular weight excluding hydrogens is 334 g/mol. The number of thioether (sulfide) groups is 1. The van der Waals surface area contributed by atoms with Crippen LogP contribution in [0.5, 0.6) is 0 Å². The van der Waals surface area contributed by atoms with Gasteiger partial charge in [-0.05, 0) is 35.4 Å².